The van der Waals surface area contributed by atoms with E-state index >= 15 is 0 Å². The average Bonchev–Trinajstić information content (AvgIpc) is 3.30. The second-order valence-corrected chi connectivity index (χ2v) is 7.17. The minimum atomic E-state index is -4.63. The van der Waals surface area contributed by atoms with Gasteiger partial charge in [0, 0.05) is 44.2 Å². The van der Waals surface area contributed by atoms with Crippen LogP contribution in [-0.2, 0) is 19.6 Å². The molecule has 1 amide bonds. The van der Waals surface area contributed by atoms with E-state index in [9.17, 15) is 22.4 Å². The number of amides is 1. The molecule has 30 heavy (non-hydrogen) atoms. The molecule has 1 aliphatic carbocycles. The van der Waals surface area contributed by atoms with E-state index in [1.54, 1.807) is 19.3 Å². The van der Waals surface area contributed by atoms with Crippen LogP contribution in [0, 0.1) is 5.95 Å². The maximum atomic E-state index is 13.5. The Morgan fingerprint density at radius 1 is 1.27 bits per heavy atom. The fraction of sp³-hybridized carbons (Fsp3) is 0.368. The Balaban J connectivity index is 1.65. The van der Waals surface area contributed by atoms with Crippen molar-refractivity contribution < 1.29 is 22.4 Å². The number of fused-ring (bicyclic) bond motifs is 1. The van der Waals surface area contributed by atoms with Crippen molar-refractivity contribution >= 4 is 5.91 Å². The van der Waals surface area contributed by atoms with E-state index in [4.69, 9.17) is 0 Å². The summed E-state index contributed by atoms with van der Waals surface area (Å²) < 4.78 is 54.8. The molecule has 0 saturated heterocycles. The highest BCUT2D eigenvalue weighted by Crippen LogP contribution is 2.35. The summed E-state index contributed by atoms with van der Waals surface area (Å²) in [5.41, 5.74) is 0.780. The summed E-state index contributed by atoms with van der Waals surface area (Å²) in [5.74, 6) is -1.21. The summed E-state index contributed by atoms with van der Waals surface area (Å²) >= 11 is 0. The molecule has 3 aromatic rings. The van der Waals surface area contributed by atoms with Crippen molar-refractivity contribution in [3.05, 3.63) is 59.2 Å². The first-order chi connectivity index (χ1) is 14.1. The Hall–Kier alpha value is -3.24. The van der Waals surface area contributed by atoms with Gasteiger partial charge < -0.3 is 4.90 Å². The van der Waals surface area contributed by atoms with Crippen LogP contribution in [0.5, 0.6) is 0 Å². The number of carbonyl (C=O) groups excluding carboxylic acids is 1. The summed E-state index contributed by atoms with van der Waals surface area (Å²) in [6.45, 7) is 0. The number of rotatable bonds is 3. The molecule has 0 aliphatic heterocycles. The third kappa shape index (κ3) is 3.55. The number of aromatic nitrogens is 5. The van der Waals surface area contributed by atoms with E-state index in [-0.39, 0.29) is 11.7 Å². The van der Waals surface area contributed by atoms with Gasteiger partial charge in [-0.15, -0.1) is 0 Å². The molecule has 0 bridgehead atoms. The molecule has 1 aliphatic rings. The van der Waals surface area contributed by atoms with Gasteiger partial charge in [0.1, 0.15) is 5.69 Å². The van der Waals surface area contributed by atoms with Crippen molar-refractivity contribution in [1.82, 2.24) is 29.4 Å². The molecule has 3 heterocycles. The number of carbonyl (C=O) groups is 1. The van der Waals surface area contributed by atoms with Crippen LogP contribution in [0.2, 0.25) is 0 Å². The van der Waals surface area contributed by atoms with Gasteiger partial charge in [0.2, 0.25) is 5.95 Å². The molecule has 11 heteroatoms. The highest BCUT2D eigenvalue weighted by Gasteiger charge is 2.37. The molecule has 0 spiro atoms. The van der Waals surface area contributed by atoms with E-state index < -0.39 is 23.7 Å². The quantitative estimate of drug-likeness (QED) is 0.480. The van der Waals surface area contributed by atoms with Gasteiger partial charge in [-0.3, -0.25) is 9.48 Å². The van der Waals surface area contributed by atoms with Crippen molar-refractivity contribution in [2.45, 2.75) is 31.5 Å². The Morgan fingerprint density at radius 2 is 2.03 bits per heavy atom. The van der Waals surface area contributed by atoms with Crippen LogP contribution in [0.15, 0.2) is 30.6 Å². The van der Waals surface area contributed by atoms with Gasteiger partial charge in [0.15, 0.2) is 5.69 Å². The highest BCUT2D eigenvalue weighted by molar-refractivity contribution is 5.93. The minimum absolute atomic E-state index is 0.152. The number of halogens is 4. The van der Waals surface area contributed by atoms with Gasteiger partial charge in [0.25, 0.3) is 5.91 Å². The van der Waals surface area contributed by atoms with Crippen molar-refractivity contribution in [2.75, 3.05) is 7.05 Å². The van der Waals surface area contributed by atoms with Gasteiger partial charge in [-0.1, -0.05) is 0 Å². The van der Waals surface area contributed by atoms with Crippen molar-refractivity contribution in [1.29, 1.82) is 0 Å². The molecule has 0 radical (unpaired) electrons. The third-order valence-corrected chi connectivity index (χ3v) is 5.23. The Bertz CT molecular complexity index is 1100. The molecule has 0 fully saturated rings. The van der Waals surface area contributed by atoms with Crippen LogP contribution in [-0.4, -0.2) is 42.4 Å². The van der Waals surface area contributed by atoms with Crippen LogP contribution in [0.25, 0.3) is 5.69 Å². The molecular formula is C19H18F4N6O. The second kappa shape index (κ2) is 7.22. The zero-order valence-electron chi connectivity index (χ0n) is 16.2. The third-order valence-electron chi connectivity index (χ3n) is 5.23. The van der Waals surface area contributed by atoms with E-state index in [1.165, 1.54) is 28.9 Å². The predicted octanol–water partition coefficient (Wildman–Crippen LogP) is 3.31. The smallest absolute Gasteiger partial charge is 0.333 e. The molecule has 7 nitrogen and oxygen atoms in total. The number of pyridine rings is 1. The normalized spacial score (nSPS) is 16.4. The fourth-order valence-electron chi connectivity index (χ4n) is 3.71. The van der Waals surface area contributed by atoms with Crippen LogP contribution in [0.3, 0.4) is 0 Å². The molecule has 4 rings (SSSR count). The van der Waals surface area contributed by atoms with Crippen molar-refractivity contribution in [3.8, 4) is 5.69 Å². The van der Waals surface area contributed by atoms with Crippen molar-refractivity contribution in [2.24, 2.45) is 7.05 Å². The van der Waals surface area contributed by atoms with E-state index in [0.29, 0.717) is 18.5 Å². The van der Waals surface area contributed by atoms with E-state index in [2.05, 4.69) is 15.2 Å². The Morgan fingerprint density at radius 3 is 2.70 bits per heavy atom. The number of hydrogen-bond donors (Lipinski definition) is 0. The lowest BCUT2D eigenvalue weighted by Gasteiger charge is -2.30. The zero-order chi connectivity index (χ0) is 21.6. The lowest BCUT2D eigenvalue weighted by Crippen LogP contribution is -2.34. The highest BCUT2D eigenvalue weighted by atomic mass is 19.4. The summed E-state index contributed by atoms with van der Waals surface area (Å²) in [7, 11) is 2.85. The van der Waals surface area contributed by atoms with Crippen LogP contribution < -0.4 is 0 Å². The Kier molecular flexibility index (Phi) is 4.83. The minimum Gasteiger partial charge on any atom is -0.333 e. The molecular weight excluding hydrogens is 404 g/mol. The van der Waals surface area contributed by atoms with E-state index in [1.807, 2.05) is 0 Å². The summed E-state index contributed by atoms with van der Waals surface area (Å²) in [6.07, 6.45) is 0.513. The number of hydrogen-bond acceptors (Lipinski definition) is 4. The van der Waals surface area contributed by atoms with E-state index in [0.717, 1.165) is 28.4 Å². The molecule has 0 N–H and O–H groups in total. The van der Waals surface area contributed by atoms with Crippen molar-refractivity contribution in [3.63, 3.8) is 0 Å². The number of aryl methyl sites for hydroxylation is 2. The average molecular weight is 422 g/mol. The lowest BCUT2D eigenvalue weighted by molar-refractivity contribution is -0.141. The standard InChI is InChI=1S/C19H18F4N6O/c1-27(18(30)15-9-16(19(21,22)23)26-28(15)2)14-5-3-4-13-12(14)10-29(25-13)11-6-7-24-17(20)8-11/h6-10,14H,3-5H2,1-2H3. The monoisotopic (exact) mass is 422 g/mol. The van der Waals surface area contributed by atoms with Gasteiger partial charge in [-0.25, -0.2) is 9.67 Å². The number of alkyl halides is 3. The van der Waals surface area contributed by atoms with Crippen LogP contribution in [0.4, 0.5) is 17.6 Å². The summed E-state index contributed by atoms with van der Waals surface area (Å²) in [5, 5.41) is 7.91. The van der Waals surface area contributed by atoms with Gasteiger partial charge >= 0.3 is 6.18 Å². The molecule has 0 aromatic carbocycles. The second-order valence-electron chi connectivity index (χ2n) is 7.17. The SMILES string of the molecule is CN(C(=O)c1cc(C(F)(F)F)nn1C)C1CCCc2nn(-c3ccnc(F)c3)cc21. The largest absolute Gasteiger partial charge is 0.435 e. The molecule has 158 valence electrons. The Labute approximate surface area is 168 Å². The summed E-state index contributed by atoms with van der Waals surface area (Å²) in [4.78, 5) is 17.9. The lowest BCUT2D eigenvalue weighted by atomic mass is 9.92. The first-order valence-electron chi connectivity index (χ1n) is 9.24. The number of nitrogens with zero attached hydrogens (tertiary/aromatic N) is 6. The summed E-state index contributed by atoms with van der Waals surface area (Å²) in [6, 6.07) is 3.24. The van der Waals surface area contributed by atoms with Crippen LogP contribution in [0.1, 0.15) is 46.3 Å². The predicted molar refractivity (Wildman–Crippen MR) is 97.3 cm³/mol. The molecule has 0 saturated carbocycles. The first kappa shape index (κ1) is 20.0. The fourth-order valence-corrected chi connectivity index (χ4v) is 3.71. The van der Waals surface area contributed by atoms with Crippen LogP contribution >= 0.6 is 0 Å². The van der Waals surface area contributed by atoms with Gasteiger partial charge in [0.05, 0.1) is 17.4 Å². The first-order valence-corrected chi connectivity index (χ1v) is 9.24. The topological polar surface area (TPSA) is 68.8 Å². The molecule has 1 unspecified atom stereocenters. The molecule has 3 aromatic heterocycles. The maximum absolute atomic E-state index is 13.5. The zero-order valence-corrected chi connectivity index (χ0v) is 16.2. The maximum Gasteiger partial charge on any atom is 0.435 e. The molecule has 1 atom stereocenters. The van der Waals surface area contributed by atoms with Gasteiger partial charge in [-0.2, -0.15) is 27.8 Å². The van der Waals surface area contributed by atoms with Gasteiger partial charge in [-0.05, 0) is 25.3 Å².